The molecule has 1 aliphatic heterocycles. The Hall–Kier alpha value is -2.86. The molecule has 1 atom stereocenters. The van der Waals surface area contributed by atoms with Crippen LogP contribution in [0.25, 0.3) is 5.76 Å². The standard InChI is InChI=1S/C21H19ClFNO4/c1-3-10-24-18(13-6-4-5-7-15(13)23)17(20(26)21(24)27)19(25)12-8-9-14(22)16(11-12)28-2/h4-9,11,18,25H,3,10H2,1-2H3/b19-17+. The average Bonchev–Trinajstić information content (AvgIpc) is 2.93. The van der Waals surface area contributed by atoms with Gasteiger partial charge < -0.3 is 14.7 Å². The fraction of sp³-hybridized carbons (Fsp3) is 0.238. The Bertz CT molecular complexity index is 973. The predicted octanol–water partition coefficient (Wildman–Crippen LogP) is 4.32. The number of ketones is 1. The molecule has 1 heterocycles. The van der Waals surface area contributed by atoms with Gasteiger partial charge in [-0.15, -0.1) is 0 Å². The third-order valence-corrected chi connectivity index (χ3v) is 4.94. The van der Waals surface area contributed by atoms with Crippen LogP contribution >= 0.6 is 11.6 Å². The molecule has 5 nitrogen and oxygen atoms in total. The molecule has 0 spiro atoms. The molecule has 1 unspecified atom stereocenters. The molecule has 1 amide bonds. The van der Waals surface area contributed by atoms with Gasteiger partial charge in [0.25, 0.3) is 11.7 Å². The molecule has 1 N–H and O–H groups in total. The van der Waals surface area contributed by atoms with Crippen LogP contribution in [0.1, 0.15) is 30.5 Å². The molecule has 0 saturated carbocycles. The minimum atomic E-state index is -1.01. The van der Waals surface area contributed by atoms with Gasteiger partial charge in [-0.2, -0.15) is 0 Å². The summed E-state index contributed by atoms with van der Waals surface area (Å²) in [6, 6.07) is 9.37. The van der Waals surface area contributed by atoms with Crippen molar-refractivity contribution >= 4 is 29.1 Å². The molecule has 28 heavy (non-hydrogen) atoms. The summed E-state index contributed by atoms with van der Waals surface area (Å²) in [7, 11) is 1.42. The van der Waals surface area contributed by atoms with Crippen molar-refractivity contribution in [2.24, 2.45) is 0 Å². The summed E-state index contributed by atoms with van der Waals surface area (Å²) in [5.74, 6) is -2.28. The minimum absolute atomic E-state index is 0.151. The molecule has 0 bridgehead atoms. The highest BCUT2D eigenvalue weighted by Crippen LogP contribution is 2.41. The number of rotatable bonds is 5. The van der Waals surface area contributed by atoms with Gasteiger partial charge >= 0.3 is 0 Å². The van der Waals surface area contributed by atoms with Crippen LogP contribution in [0.2, 0.25) is 5.02 Å². The summed E-state index contributed by atoms with van der Waals surface area (Å²) >= 11 is 6.02. The quantitative estimate of drug-likeness (QED) is 0.458. The van der Waals surface area contributed by atoms with Crippen LogP contribution in [0.15, 0.2) is 48.0 Å². The van der Waals surface area contributed by atoms with Gasteiger partial charge in [0, 0.05) is 17.7 Å². The Kier molecular flexibility index (Phi) is 5.70. The number of aliphatic hydroxyl groups excluding tert-OH is 1. The molecule has 7 heteroatoms. The van der Waals surface area contributed by atoms with Crippen LogP contribution in [0.3, 0.4) is 0 Å². The second-order valence-corrected chi connectivity index (χ2v) is 6.77. The van der Waals surface area contributed by atoms with Gasteiger partial charge in [0.2, 0.25) is 0 Å². The van der Waals surface area contributed by atoms with Gasteiger partial charge in [-0.25, -0.2) is 4.39 Å². The molecule has 0 radical (unpaired) electrons. The first-order chi connectivity index (χ1) is 13.4. The minimum Gasteiger partial charge on any atom is -0.507 e. The highest BCUT2D eigenvalue weighted by atomic mass is 35.5. The van der Waals surface area contributed by atoms with Crippen LogP contribution in [0.4, 0.5) is 4.39 Å². The summed E-state index contributed by atoms with van der Waals surface area (Å²) in [6.07, 6.45) is 0.576. The van der Waals surface area contributed by atoms with Crippen LogP contribution in [-0.2, 0) is 9.59 Å². The molecule has 146 valence electrons. The molecule has 2 aromatic carbocycles. The van der Waals surface area contributed by atoms with Crippen LogP contribution < -0.4 is 4.74 Å². The number of methoxy groups -OCH3 is 1. The maximum Gasteiger partial charge on any atom is 0.295 e. The lowest BCUT2D eigenvalue weighted by atomic mass is 9.95. The lowest BCUT2D eigenvalue weighted by molar-refractivity contribution is -0.139. The third-order valence-electron chi connectivity index (χ3n) is 4.63. The van der Waals surface area contributed by atoms with E-state index in [-0.39, 0.29) is 23.2 Å². The summed E-state index contributed by atoms with van der Waals surface area (Å²) in [6.45, 7) is 2.10. The maximum atomic E-state index is 14.5. The molecular formula is C21H19ClFNO4. The average molecular weight is 404 g/mol. The number of likely N-dealkylation sites (tertiary alicyclic amines) is 1. The first kappa shape index (κ1) is 19.9. The summed E-state index contributed by atoms with van der Waals surface area (Å²) in [5, 5.41) is 11.2. The zero-order valence-electron chi connectivity index (χ0n) is 15.4. The molecule has 1 aliphatic rings. The second kappa shape index (κ2) is 8.02. The summed E-state index contributed by atoms with van der Waals surface area (Å²) < 4.78 is 19.7. The highest BCUT2D eigenvalue weighted by molar-refractivity contribution is 6.46. The number of ether oxygens (including phenoxy) is 1. The number of carbonyl (C=O) groups is 2. The number of benzene rings is 2. The molecule has 2 aromatic rings. The zero-order chi connectivity index (χ0) is 20.4. The molecule has 0 aliphatic carbocycles. The number of halogens is 2. The maximum absolute atomic E-state index is 14.5. The smallest absolute Gasteiger partial charge is 0.295 e. The topological polar surface area (TPSA) is 66.8 Å². The van der Waals surface area contributed by atoms with E-state index in [4.69, 9.17) is 16.3 Å². The summed E-state index contributed by atoms with van der Waals surface area (Å²) in [4.78, 5) is 26.6. The Morgan fingerprint density at radius 1 is 1.25 bits per heavy atom. The van der Waals surface area contributed by atoms with Crippen LogP contribution in [0, 0.1) is 5.82 Å². The van der Waals surface area contributed by atoms with Crippen molar-refractivity contribution in [1.82, 2.24) is 4.90 Å². The van der Waals surface area contributed by atoms with Crippen molar-refractivity contribution < 1.29 is 23.8 Å². The molecule has 3 rings (SSSR count). The fourth-order valence-electron chi connectivity index (χ4n) is 3.33. The largest absolute Gasteiger partial charge is 0.507 e. The van der Waals surface area contributed by atoms with Crippen LogP contribution in [0.5, 0.6) is 5.75 Å². The van der Waals surface area contributed by atoms with Crippen molar-refractivity contribution in [2.75, 3.05) is 13.7 Å². The van der Waals surface area contributed by atoms with Gasteiger partial charge in [0.05, 0.1) is 23.7 Å². The van der Waals surface area contributed by atoms with E-state index in [1.807, 2.05) is 6.92 Å². The first-order valence-corrected chi connectivity index (χ1v) is 9.15. The van der Waals surface area contributed by atoms with E-state index in [1.165, 1.54) is 48.4 Å². The summed E-state index contributed by atoms with van der Waals surface area (Å²) in [5.41, 5.74) is 0.239. The van der Waals surface area contributed by atoms with E-state index in [0.29, 0.717) is 17.2 Å². The van der Waals surface area contributed by atoms with E-state index >= 15 is 0 Å². The van der Waals surface area contributed by atoms with E-state index in [0.717, 1.165) is 0 Å². The fourth-order valence-corrected chi connectivity index (χ4v) is 3.53. The van der Waals surface area contributed by atoms with Gasteiger partial charge in [0.1, 0.15) is 17.3 Å². The number of aliphatic hydroxyl groups is 1. The van der Waals surface area contributed by atoms with Crippen molar-refractivity contribution in [3.8, 4) is 5.75 Å². The molecule has 1 saturated heterocycles. The number of amides is 1. The molecule has 1 fully saturated rings. The molecule has 0 aromatic heterocycles. The number of hydrogen-bond acceptors (Lipinski definition) is 4. The number of hydrogen-bond donors (Lipinski definition) is 1. The Morgan fingerprint density at radius 2 is 1.96 bits per heavy atom. The lowest BCUT2D eigenvalue weighted by Crippen LogP contribution is -2.30. The van der Waals surface area contributed by atoms with Gasteiger partial charge in [0.15, 0.2) is 0 Å². The van der Waals surface area contributed by atoms with Gasteiger partial charge in [-0.3, -0.25) is 9.59 Å². The molecular weight excluding hydrogens is 385 g/mol. The van der Waals surface area contributed by atoms with Crippen molar-refractivity contribution in [1.29, 1.82) is 0 Å². The first-order valence-electron chi connectivity index (χ1n) is 8.77. The number of Topliss-reactive ketones (excluding diaryl/α,β-unsaturated/α-hetero) is 1. The Balaban J connectivity index is 2.23. The lowest BCUT2D eigenvalue weighted by Gasteiger charge is -2.25. The third kappa shape index (κ3) is 3.36. The zero-order valence-corrected chi connectivity index (χ0v) is 16.2. The van der Waals surface area contributed by atoms with Gasteiger partial charge in [-0.05, 0) is 30.7 Å². The van der Waals surface area contributed by atoms with Crippen LogP contribution in [-0.4, -0.2) is 35.4 Å². The Labute approximate surface area is 167 Å². The normalized spacial score (nSPS) is 18.6. The number of nitrogens with zero attached hydrogens (tertiary/aromatic N) is 1. The SMILES string of the molecule is CCCN1C(=O)C(=O)/C(=C(/O)c2ccc(Cl)c(OC)c2)C1c1ccccc1F. The Morgan fingerprint density at radius 3 is 2.61 bits per heavy atom. The van der Waals surface area contributed by atoms with E-state index in [2.05, 4.69) is 0 Å². The predicted molar refractivity (Wildman–Crippen MR) is 104 cm³/mol. The van der Waals surface area contributed by atoms with Crippen molar-refractivity contribution in [2.45, 2.75) is 19.4 Å². The van der Waals surface area contributed by atoms with Crippen molar-refractivity contribution in [3.63, 3.8) is 0 Å². The second-order valence-electron chi connectivity index (χ2n) is 6.36. The van der Waals surface area contributed by atoms with Crippen molar-refractivity contribution in [3.05, 3.63) is 70.0 Å². The van der Waals surface area contributed by atoms with Gasteiger partial charge in [-0.1, -0.05) is 36.7 Å². The monoisotopic (exact) mass is 403 g/mol. The highest BCUT2D eigenvalue weighted by Gasteiger charge is 2.46. The van der Waals surface area contributed by atoms with E-state index < -0.39 is 29.3 Å². The number of carbonyl (C=O) groups excluding carboxylic acids is 2. The van der Waals surface area contributed by atoms with E-state index in [1.54, 1.807) is 6.07 Å². The van der Waals surface area contributed by atoms with E-state index in [9.17, 15) is 19.1 Å².